The first-order chi connectivity index (χ1) is 7.18. The van der Waals surface area contributed by atoms with Crippen LogP contribution in [0, 0.1) is 11.8 Å². The van der Waals surface area contributed by atoms with Gasteiger partial charge in [-0.15, -0.1) is 0 Å². The Morgan fingerprint density at radius 2 is 1.80 bits per heavy atom. The van der Waals surface area contributed by atoms with Crippen molar-refractivity contribution >= 4 is 11.8 Å². The molecule has 2 rings (SSSR count). The van der Waals surface area contributed by atoms with Crippen molar-refractivity contribution < 1.29 is 0 Å². The van der Waals surface area contributed by atoms with Crippen LogP contribution in [0.25, 0.3) is 0 Å². The van der Waals surface area contributed by atoms with Crippen LogP contribution in [0.15, 0.2) is 0 Å². The minimum absolute atomic E-state index is 0.785. The standard InChI is InChI=1S/C13H25NS/c1-9-5-4-6-12(10(9)2)14-13-7-8-15-11(13)3/h9-14H,4-8H2,1-3H3. The Balaban J connectivity index is 1.87. The average molecular weight is 227 g/mol. The largest absolute Gasteiger partial charge is 0.310 e. The molecule has 1 saturated heterocycles. The lowest BCUT2D eigenvalue weighted by Crippen LogP contribution is -2.47. The van der Waals surface area contributed by atoms with Crippen LogP contribution in [-0.4, -0.2) is 23.1 Å². The van der Waals surface area contributed by atoms with Crippen LogP contribution >= 0.6 is 11.8 Å². The fourth-order valence-electron chi connectivity index (χ4n) is 3.04. The summed E-state index contributed by atoms with van der Waals surface area (Å²) in [5, 5.41) is 4.76. The van der Waals surface area contributed by atoms with E-state index in [-0.39, 0.29) is 0 Å². The molecular formula is C13H25NS. The SMILES string of the molecule is CC1CCCC(NC2CCSC2C)C1C. The Morgan fingerprint density at radius 1 is 1.00 bits per heavy atom. The molecule has 2 heteroatoms. The van der Waals surface area contributed by atoms with E-state index in [4.69, 9.17) is 0 Å². The molecule has 1 aliphatic carbocycles. The molecule has 88 valence electrons. The summed E-state index contributed by atoms with van der Waals surface area (Å²) in [5.74, 6) is 3.15. The fraction of sp³-hybridized carbons (Fsp3) is 1.00. The zero-order valence-electron chi connectivity index (χ0n) is 10.3. The molecule has 0 spiro atoms. The quantitative estimate of drug-likeness (QED) is 0.777. The van der Waals surface area contributed by atoms with E-state index in [1.807, 2.05) is 0 Å². The van der Waals surface area contributed by atoms with Gasteiger partial charge in [0.1, 0.15) is 0 Å². The van der Waals surface area contributed by atoms with Gasteiger partial charge in [0.15, 0.2) is 0 Å². The van der Waals surface area contributed by atoms with E-state index in [1.165, 1.54) is 31.4 Å². The van der Waals surface area contributed by atoms with Crippen LogP contribution in [0.5, 0.6) is 0 Å². The molecule has 2 aliphatic rings. The van der Waals surface area contributed by atoms with Crippen molar-refractivity contribution in [2.24, 2.45) is 11.8 Å². The molecule has 0 radical (unpaired) electrons. The van der Waals surface area contributed by atoms with Crippen LogP contribution in [0.1, 0.15) is 46.5 Å². The van der Waals surface area contributed by atoms with E-state index in [1.54, 1.807) is 0 Å². The van der Waals surface area contributed by atoms with Gasteiger partial charge in [0, 0.05) is 17.3 Å². The van der Waals surface area contributed by atoms with Crippen LogP contribution in [0.3, 0.4) is 0 Å². The second kappa shape index (κ2) is 5.09. The van der Waals surface area contributed by atoms with E-state index in [0.717, 1.165) is 29.2 Å². The van der Waals surface area contributed by atoms with Gasteiger partial charge in [-0.2, -0.15) is 11.8 Å². The van der Waals surface area contributed by atoms with Gasteiger partial charge in [-0.1, -0.05) is 33.6 Å². The number of nitrogens with one attached hydrogen (secondary N) is 1. The maximum Gasteiger partial charge on any atom is 0.0194 e. The lowest BCUT2D eigenvalue weighted by molar-refractivity contribution is 0.193. The van der Waals surface area contributed by atoms with Gasteiger partial charge in [-0.25, -0.2) is 0 Å². The summed E-state index contributed by atoms with van der Waals surface area (Å²) in [7, 11) is 0. The highest BCUT2D eigenvalue weighted by Gasteiger charge is 2.31. The van der Waals surface area contributed by atoms with E-state index in [2.05, 4.69) is 37.8 Å². The first-order valence-corrected chi connectivity index (χ1v) is 7.61. The highest BCUT2D eigenvalue weighted by Crippen LogP contribution is 2.32. The predicted molar refractivity (Wildman–Crippen MR) is 69.4 cm³/mol. The van der Waals surface area contributed by atoms with Crippen molar-refractivity contribution in [3.63, 3.8) is 0 Å². The Labute approximate surface area is 98.8 Å². The van der Waals surface area contributed by atoms with Crippen molar-refractivity contribution in [2.45, 2.75) is 63.8 Å². The third-order valence-corrected chi connectivity index (χ3v) is 5.84. The molecular weight excluding hydrogens is 202 g/mol. The molecule has 1 N–H and O–H groups in total. The first kappa shape index (κ1) is 11.8. The average Bonchev–Trinajstić information content (AvgIpc) is 2.60. The lowest BCUT2D eigenvalue weighted by Gasteiger charge is -2.37. The summed E-state index contributed by atoms with van der Waals surface area (Å²) in [6.45, 7) is 7.24. The van der Waals surface area contributed by atoms with Gasteiger partial charge in [-0.05, 0) is 30.4 Å². The Bertz CT molecular complexity index is 207. The summed E-state index contributed by atoms with van der Waals surface area (Å²) in [5.41, 5.74) is 0. The van der Waals surface area contributed by atoms with E-state index >= 15 is 0 Å². The van der Waals surface area contributed by atoms with Crippen molar-refractivity contribution in [2.75, 3.05) is 5.75 Å². The summed E-state index contributed by atoms with van der Waals surface area (Å²) in [6, 6.07) is 1.58. The molecule has 0 aromatic heterocycles. The Morgan fingerprint density at radius 3 is 2.47 bits per heavy atom. The molecule has 5 unspecified atom stereocenters. The molecule has 1 heterocycles. The fourth-order valence-corrected chi connectivity index (χ4v) is 4.25. The van der Waals surface area contributed by atoms with Gasteiger partial charge >= 0.3 is 0 Å². The topological polar surface area (TPSA) is 12.0 Å². The van der Waals surface area contributed by atoms with Gasteiger partial charge in [-0.3, -0.25) is 0 Å². The van der Waals surface area contributed by atoms with Gasteiger partial charge in [0.05, 0.1) is 0 Å². The molecule has 1 saturated carbocycles. The highest BCUT2D eigenvalue weighted by molar-refractivity contribution is 8.00. The molecule has 0 aromatic rings. The molecule has 2 fully saturated rings. The summed E-state index contributed by atoms with van der Waals surface area (Å²) in [4.78, 5) is 0. The maximum absolute atomic E-state index is 3.93. The smallest absolute Gasteiger partial charge is 0.0194 e. The number of rotatable bonds is 2. The second-order valence-electron chi connectivity index (χ2n) is 5.51. The number of hydrogen-bond donors (Lipinski definition) is 1. The maximum atomic E-state index is 3.93. The highest BCUT2D eigenvalue weighted by atomic mass is 32.2. The lowest BCUT2D eigenvalue weighted by atomic mass is 9.77. The summed E-state index contributed by atoms with van der Waals surface area (Å²) < 4.78 is 0. The van der Waals surface area contributed by atoms with E-state index in [9.17, 15) is 0 Å². The Kier molecular flexibility index (Phi) is 4.00. The molecule has 0 amide bonds. The molecule has 1 nitrogen and oxygen atoms in total. The van der Waals surface area contributed by atoms with Crippen LogP contribution < -0.4 is 5.32 Å². The molecule has 0 bridgehead atoms. The first-order valence-electron chi connectivity index (χ1n) is 6.56. The molecule has 1 aliphatic heterocycles. The third kappa shape index (κ3) is 2.71. The Hall–Kier alpha value is 0.310. The van der Waals surface area contributed by atoms with Gasteiger partial charge in [0.25, 0.3) is 0 Å². The van der Waals surface area contributed by atoms with Crippen molar-refractivity contribution in [3.8, 4) is 0 Å². The number of thioether (sulfide) groups is 1. The van der Waals surface area contributed by atoms with Crippen molar-refractivity contribution in [1.82, 2.24) is 5.32 Å². The minimum Gasteiger partial charge on any atom is -0.310 e. The summed E-state index contributed by atoms with van der Waals surface area (Å²) in [6.07, 6.45) is 5.65. The van der Waals surface area contributed by atoms with E-state index in [0.29, 0.717) is 0 Å². The van der Waals surface area contributed by atoms with E-state index < -0.39 is 0 Å². The van der Waals surface area contributed by atoms with Crippen molar-refractivity contribution in [3.05, 3.63) is 0 Å². The minimum atomic E-state index is 0.785. The third-order valence-electron chi connectivity index (χ3n) is 4.51. The second-order valence-corrected chi connectivity index (χ2v) is 7.00. The zero-order chi connectivity index (χ0) is 10.8. The molecule has 5 atom stereocenters. The number of hydrogen-bond acceptors (Lipinski definition) is 2. The normalized spacial score (nSPS) is 47.0. The van der Waals surface area contributed by atoms with Gasteiger partial charge in [0.2, 0.25) is 0 Å². The molecule has 15 heavy (non-hydrogen) atoms. The van der Waals surface area contributed by atoms with Gasteiger partial charge < -0.3 is 5.32 Å². The van der Waals surface area contributed by atoms with Crippen LogP contribution in [0.2, 0.25) is 0 Å². The van der Waals surface area contributed by atoms with Crippen molar-refractivity contribution in [1.29, 1.82) is 0 Å². The molecule has 0 aromatic carbocycles. The predicted octanol–water partition coefficient (Wildman–Crippen LogP) is 3.29. The summed E-state index contributed by atoms with van der Waals surface area (Å²) >= 11 is 2.13. The zero-order valence-corrected chi connectivity index (χ0v) is 11.1. The van der Waals surface area contributed by atoms with Crippen LogP contribution in [0.4, 0.5) is 0 Å². The monoisotopic (exact) mass is 227 g/mol. The van der Waals surface area contributed by atoms with Crippen LogP contribution in [-0.2, 0) is 0 Å².